The molecular weight excluding hydrogens is 393 g/mol. The molecular formula is C21H28FN3O5. The van der Waals surface area contributed by atoms with Crippen molar-refractivity contribution < 1.29 is 28.9 Å². The van der Waals surface area contributed by atoms with Crippen molar-refractivity contribution in [3.63, 3.8) is 0 Å². The fourth-order valence-corrected chi connectivity index (χ4v) is 4.02. The molecule has 0 bridgehead atoms. The van der Waals surface area contributed by atoms with Crippen LogP contribution in [-0.4, -0.2) is 84.1 Å². The lowest BCUT2D eigenvalue weighted by Crippen LogP contribution is -2.49. The fraction of sp³-hybridized carbons (Fsp3) is 0.619. The monoisotopic (exact) mass is 421 g/mol. The van der Waals surface area contributed by atoms with E-state index >= 15 is 0 Å². The van der Waals surface area contributed by atoms with Crippen LogP contribution in [0.25, 0.3) is 0 Å². The van der Waals surface area contributed by atoms with Crippen molar-refractivity contribution in [2.45, 2.75) is 43.7 Å². The van der Waals surface area contributed by atoms with Gasteiger partial charge in [0.25, 0.3) is 0 Å². The maximum atomic E-state index is 13.1. The van der Waals surface area contributed by atoms with Crippen LogP contribution in [0.1, 0.15) is 19.3 Å². The highest BCUT2D eigenvalue weighted by Gasteiger charge is 2.44. The Morgan fingerprint density at radius 3 is 2.30 bits per heavy atom. The van der Waals surface area contributed by atoms with E-state index in [1.165, 1.54) is 12.1 Å². The lowest BCUT2D eigenvalue weighted by molar-refractivity contribution is -0.135. The zero-order valence-corrected chi connectivity index (χ0v) is 16.7. The van der Waals surface area contributed by atoms with Gasteiger partial charge in [0.15, 0.2) is 0 Å². The summed E-state index contributed by atoms with van der Waals surface area (Å²) in [6.45, 7) is 2.41. The van der Waals surface area contributed by atoms with Crippen LogP contribution in [0.15, 0.2) is 24.3 Å². The predicted octanol–water partition coefficient (Wildman–Crippen LogP) is -0.120. The van der Waals surface area contributed by atoms with Crippen LogP contribution in [0, 0.1) is 11.7 Å². The molecule has 0 unspecified atom stereocenters. The number of ether oxygens (including phenoxy) is 1. The molecule has 4 atom stereocenters. The molecule has 164 valence electrons. The summed E-state index contributed by atoms with van der Waals surface area (Å²) in [5.41, 5.74) is 0.914. The van der Waals surface area contributed by atoms with Gasteiger partial charge in [-0.15, -0.1) is 0 Å². The number of aliphatic hydroxyl groups is 2. The van der Waals surface area contributed by atoms with Crippen LogP contribution in [0.3, 0.4) is 0 Å². The summed E-state index contributed by atoms with van der Waals surface area (Å²) in [5, 5.41) is 23.2. The number of aliphatic hydroxyl groups excluding tert-OH is 2. The molecule has 1 aromatic rings. The van der Waals surface area contributed by atoms with Crippen molar-refractivity contribution in [3.05, 3.63) is 30.1 Å². The first kappa shape index (κ1) is 21.0. The third kappa shape index (κ3) is 4.74. The number of benzene rings is 1. The second kappa shape index (κ2) is 8.87. The molecule has 30 heavy (non-hydrogen) atoms. The van der Waals surface area contributed by atoms with E-state index in [4.69, 9.17) is 4.74 Å². The minimum Gasteiger partial charge on any atom is -0.388 e. The van der Waals surface area contributed by atoms with Crippen molar-refractivity contribution in [2.75, 3.05) is 37.6 Å². The van der Waals surface area contributed by atoms with Crippen LogP contribution in [-0.2, 0) is 14.3 Å². The Kier molecular flexibility index (Phi) is 6.21. The number of halogens is 1. The third-order valence-electron chi connectivity index (χ3n) is 6.09. The molecule has 3 aliphatic rings. The van der Waals surface area contributed by atoms with Crippen LogP contribution >= 0.6 is 0 Å². The van der Waals surface area contributed by atoms with Gasteiger partial charge in [-0.2, -0.15) is 0 Å². The average Bonchev–Trinajstić information content (AvgIpc) is 3.57. The number of carbonyl (C=O) groups is 2. The quantitative estimate of drug-likeness (QED) is 0.592. The van der Waals surface area contributed by atoms with E-state index in [0.717, 1.165) is 18.5 Å². The molecule has 3 N–H and O–H groups in total. The van der Waals surface area contributed by atoms with E-state index in [1.807, 2.05) is 0 Å². The van der Waals surface area contributed by atoms with E-state index in [0.29, 0.717) is 26.2 Å². The summed E-state index contributed by atoms with van der Waals surface area (Å²) >= 11 is 0. The number of hydrogen-bond acceptors (Lipinski definition) is 6. The zero-order chi connectivity index (χ0) is 21.3. The molecule has 1 aromatic carbocycles. The molecule has 2 heterocycles. The minimum atomic E-state index is -1.17. The summed E-state index contributed by atoms with van der Waals surface area (Å²) in [4.78, 5) is 28.3. The number of piperazine rings is 1. The van der Waals surface area contributed by atoms with Crippen molar-refractivity contribution in [2.24, 2.45) is 5.92 Å². The highest BCUT2D eigenvalue weighted by molar-refractivity contribution is 5.80. The first-order chi connectivity index (χ1) is 14.4. The highest BCUT2D eigenvalue weighted by atomic mass is 19.1. The van der Waals surface area contributed by atoms with E-state index in [1.54, 1.807) is 17.0 Å². The van der Waals surface area contributed by atoms with Gasteiger partial charge < -0.3 is 30.1 Å². The van der Waals surface area contributed by atoms with Crippen LogP contribution in [0.2, 0.25) is 0 Å². The van der Waals surface area contributed by atoms with E-state index in [2.05, 4.69) is 10.2 Å². The van der Waals surface area contributed by atoms with Gasteiger partial charge >= 0.3 is 0 Å². The fourth-order valence-electron chi connectivity index (χ4n) is 4.02. The summed E-state index contributed by atoms with van der Waals surface area (Å²) < 4.78 is 18.8. The van der Waals surface area contributed by atoms with Crippen LogP contribution in [0.4, 0.5) is 10.1 Å². The molecule has 8 nitrogen and oxygen atoms in total. The molecule has 1 aliphatic carbocycles. The summed E-state index contributed by atoms with van der Waals surface area (Å²) in [6.07, 6.45) is -2.10. The first-order valence-corrected chi connectivity index (χ1v) is 10.5. The Bertz CT molecular complexity index is 764. The molecule has 9 heteroatoms. The Morgan fingerprint density at radius 1 is 1.03 bits per heavy atom. The number of rotatable bonds is 6. The standard InChI is InChI=1S/C21H28FN3O5/c22-14-3-5-15(6-4-14)24-7-9-25(10-8-24)18(26)11-16-19(27)20(28)17(30-16)12-23-21(29)13-1-2-13/h3-6,13,16-17,19-20,27-28H,1-2,7-12H2,(H,23,29)/t16-,17+,19-,20+/m0/s1. The van der Waals surface area contributed by atoms with Crippen molar-refractivity contribution >= 4 is 17.5 Å². The largest absolute Gasteiger partial charge is 0.388 e. The lowest BCUT2D eigenvalue weighted by Gasteiger charge is -2.36. The Labute approximate surface area is 174 Å². The normalized spacial score (nSPS) is 29.2. The number of nitrogens with zero attached hydrogens (tertiary/aromatic N) is 2. The Morgan fingerprint density at radius 2 is 1.67 bits per heavy atom. The molecule has 0 spiro atoms. The topological polar surface area (TPSA) is 102 Å². The number of amides is 2. The number of nitrogens with one attached hydrogen (secondary N) is 1. The Hall–Kier alpha value is -2.23. The summed E-state index contributed by atoms with van der Waals surface area (Å²) in [7, 11) is 0. The van der Waals surface area contributed by atoms with Gasteiger partial charge in [0, 0.05) is 44.3 Å². The average molecular weight is 421 g/mol. The summed E-state index contributed by atoms with van der Waals surface area (Å²) in [6, 6.07) is 6.28. The maximum Gasteiger partial charge on any atom is 0.225 e. The van der Waals surface area contributed by atoms with E-state index in [-0.39, 0.29) is 36.5 Å². The lowest BCUT2D eigenvalue weighted by atomic mass is 10.0. The first-order valence-electron chi connectivity index (χ1n) is 10.5. The van der Waals surface area contributed by atoms with Gasteiger partial charge in [-0.3, -0.25) is 9.59 Å². The van der Waals surface area contributed by atoms with E-state index in [9.17, 15) is 24.2 Å². The van der Waals surface area contributed by atoms with Crippen LogP contribution < -0.4 is 10.2 Å². The molecule has 3 fully saturated rings. The number of anilines is 1. The minimum absolute atomic E-state index is 0.0259. The third-order valence-corrected chi connectivity index (χ3v) is 6.09. The van der Waals surface area contributed by atoms with Gasteiger partial charge in [-0.25, -0.2) is 4.39 Å². The highest BCUT2D eigenvalue weighted by Crippen LogP contribution is 2.29. The Balaban J connectivity index is 1.24. The van der Waals surface area contributed by atoms with Crippen molar-refractivity contribution in [1.82, 2.24) is 10.2 Å². The maximum absolute atomic E-state index is 13.1. The van der Waals surface area contributed by atoms with Gasteiger partial charge in [0.1, 0.15) is 24.1 Å². The van der Waals surface area contributed by atoms with Crippen molar-refractivity contribution in [1.29, 1.82) is 0 Å². The summed E-state index contributed by atoms with van der Waals surface area (Å²) in [5.74, 6) is -0.429. The predicted molar refractivity (Wildman–Crippen MR) is 106 cm³/mol. The van der Waals surface area contributed by atoms with Gasteiger partial charge in [0.2, 0.25) is 11.8 Å². The van der Waals surface area contributed by atoms with Gasteiger partial charge in [0.05, 0.1) is 12.5 Å². The molecule has 2 saturated heterocycles. The molecule has 0 radical (unpaired) electrons. The molecule has 1 saturated carbocycles. The molecule has 2 amide bonds. The second-order valence-corrected chi connectivity index (χ2v) is 8.26. The number of carbonyl (C=O) groups excluding carboxylic acids is 2. The second-order valence-electron chi connectivity index (χ2n) is 8.26. The molecule has 2 aliphatic heterocycles. The SMILES string of the molecule is O=C(NC[C@H]1O[C@@H](CC(=O)N2CCN(c3ccc(F)cc3)CC2)[C@H](O)[C@@H]1O)C1CC1. The van der Waals surface area contributed by atoms with Gasteiger partial charge in [-0.05, 0) is 37.1 Å². The van der Waals surface area contributed by atoms with E-state index < -0.39 is 24.4 Å². The van der Waals surface area contributed by atoms with Crippen molar-refractivity contribution in [3.8, 4) is 0 Å². The van der Waals surface area contributed by atoms with Gasteiger partial charge in [-0.1, -0.05) is 0 Å². The smallest absolute Gasteiger partial charge is 0.225 e. The van der Waals surface area contributed by atoms with Crippen LogP contribution in [0.5, 0.6) is 0 Å². The molecule has 0 aromatic heterocycles. The zero-order valence-electron chi connectivity index (χ0n) is 16.7. The number of hydrogen-bond donors (Lipinski definition) is 3. The molecule has 4 rings (SSSR count).